The van der Waals surface area contributed by atoms with Crippen molar-refractivity contribution in [2.24, 2.45) is 0 Å². The van der Waals surface area contributed by atoms with Gasteiger partial charge in [0.05, 0.1) is 16.5 Å². The van der Waals surface area contributed by atoms with Gasteiger partial charge in [-0.3, -0.25) is 4.90 Å². The number of aryl methyl sites for hydroxylation is 1. The van der Waals surface area contributed by atoms with Crippen LogP contribution in [0.15, 0.2) is 23.1 Å². The fourth-order valence-electron chi connectivity index (χ4n) is 3.27. The first-order valence-corrected chi connectivity index (χ1v) is 8.71. The summed E-state index contributed by atoms with van der Waals surface area (Å²) in [5.41, 5.74) is 1.08. The fourth-order valence-corrected chi connectivity index (χ4v) is 4.99. The Morgan fingerprint density at radius 1 is 1.29 bits per heavy atom. The molecule has 0 aliphatic carbocycles. The second-order valence-electron chi connectivity index (χ2n) is 5.79. The normalized spacial score (nSPS) is 23.7. The Labute approximate surface area is 125 Å². The average Bonchev–Trinajstić information content (AvgIpc) is 2.95. The largest absolute Gasteiger partial charge is 0.298 e. The number of nitrogens with zero attached hydrogens (tertiary/aromatic N) is 3. The zero-order valence-corrected chi connectivity index (χ0v) is 12.9. The topological polar surface area (TPSA) is 64.4 Å². The van der Waals surface area contributed by atoms with Crippen LogP contribution in [0.2, 0.25) is 0 Å². The van der Waals surface area contributed by atoms with Crippen molar-refractivity contribution in [3.63, 3.8) is 0 Å². The van der Waals surface area contributed by atoms with Crippen molar-refractivity contribution in [2.45, 2.75) is 30.7 Å². The SMILES string of the molecule is Cc1ccc(C#N)cc1S(=O)(=O)N1CCN2CCCC2C1. The highest BCUT2D eigenvalue weighted by Crippen LogP contribution is 2.27. The molecular formula is C15H19N3O2S. The minimum atomic E-state index is -3.51. The summed E-state index contributed by atoms with van der Waals surface area (Å²) in [5, 5.41) is 8.99. The maximum absolute atomic E-state index is 12.9. The van der Waals surface area contributed by atoms with E-state index in [4.69, 9.17) is 5.26 Å². The Morgan fingerprint density at radius 2 is 2.10 bits per heavy atom. The van der Waals surface area contributed by atoms with E-state index in [-0.39, 0.29) is 4.90 Å². The number of rotatable bonds is 2. The molecule has 2 aliphatic rings. The van der Waals surface area contributed by atoms with E-state index >= 15 is 0 Å². The van der Waals surface area contributed by atoms with Crippen LogP contribution in [0, 0.1) is 18.3 Å². The quantitative estimate of drug-likeness (QED) is 0.827. The molecule has 0 bridgehead atoms. The van der Waals surface area contributed by atoms with Gasteiger partial charge >= 0.3 is 0 Å². The Kier molecular flexibility index (Phi) is 3.74. The van der Waals surface area contributed by atoms with Crippen LogP contribution >= 0.6 is 0 Å². The van der Waals surface area contributed by atoms with E-state index in [1.165, 1.54) is 6.07 Å². The van der Waals surface area contributed by atoms with E-state index < -0.39 is 10.0 Å². The van der Waals surface area contributed by atoms with Gasteiger partial charge in [-0.05, 0) is 44.0 Å². The van der Waals surface area contributed by atoms with Crippen molar-refractivity contribution in [2.75, 3.05) is 26.2 Å². The molecule has 2 fully saturated rings. The third-order valence-corrected chi connectivity index (χ3v) is 6.49. The van der Waals surface area contributed by atoms with Gasteiger partial charge in [0.15, 0.2) is 0 Å². The zero-order valence-electron chi connectivity index (χ0n) is 12.1. The highest BCUT2D eigenvalue weighted by atomic mass is 32.2. The fraction of sp³-hybridized carbons (Fsp3) is 0.533. The maximum Gasteiger partial charge on any atom is 0.243 e. The van der Waals surface area contributed by atoms with Crippen LogP contribution in [0.4, 0.5) is 0 Å². The molecular weight excluding hydrogens is 286 g/mol. The molecule has 21 heavy (non-hydrogen) atoms. The van der Waals surface area contributed by atoms with Crippen molar-refractivity contribution in [3.8, 4) is 6.07 Å². The molecule has 0 saturated carbocycles. The van der Waals surface area contributed by atoms with Crippen LogP contribution in [0.25, 0.3) is 0 Å². The summed E-state index contributed by atoms with van der Waals surface area (Å²) < 4.78 is 27.3. The second-order valence-corrected chi connectivity index (χ2v) is 7.69. The number of benzene rings is 1. The van der Waals surface area contributed by atoms with Crippen molar-refractivity contribution in [1.82, 2.24) is 9.21 Å². The van der Waals surface area contributed by atoms with Crippen molar-refractivity contribution >= 4 is 10.0 Å². The van der Waals surface area contributed by atoms with E-state index in [1.807, 2.05) is 6.07 Å². The first kappa shape index (κ1) is 14.5. The molecule has 1 aromatic rings. The average molecular weight is 305 g/mol. The molecule has 2 saturated heterocycles. The van der Waals surface area contributed by atoms with Crippen LogP contribution in [-0.2, 0) is 10.0 Å². The predicted octanol–water partition coefficient (Wildman–Crippen LogP) is 1.34. The van der Waals surface area contributed by atoms with Crippen LogP contribution in [0.3, 0.4) is 0 Å². The molecule has 1 unspecified atom stereocenters. The summed E-state index contributed by atoms with van der Waals surface area (Å²) in [6, 6.07) is 7.22. The third-order valence-electron chi connectivity index (χ3n) is 4.49. The number of hydrogen-bond acceptors (Lipinski definition) is 4. The number of sulfonamides is 1. The molecule has 0 spiro atoms. The molecule has 3 rings (SSSR count). The van der Waals surface area contributed by atoms with Gasteiger partial charge in [-0.15, -0.1) is 0 Å². The van der Waals surface area contributed by atoms with E-state index in [9.17, 15) is 8.42 Å². The predicted molar refractivity (Wildman–Crippen MR) is 79.2 cm³/mol. The van der Waals surface area contributed by atoms with Crippen LogP contribution in [-0.4, -0.2) is 49.8 Å². The van der Waals surface area contributed by atoms with Gasteiger partial charge in [0, 0.05) is 25.7 Å². The molecule has 0 N–H and O–H groups in total. The smallest absolute Gasteiger partial charge is 0.243 e. The number of hydrogen-bond donors (Lipinski definition) is 0. The number of nitriles is 1. The van der Waals surface area contributed by atoms with Crippen molar-refractivity contribution in [3.05, 3.63) is 29.3 Å². The standard InChI is InChI=1S/C15H19N3O2S/c1-12-4-5-13(10-16)9-15(12)21(19,20)18-8-7-17-6-2-3-14(17)11-18/h4-5,9,14H,2-3,6-8,11H2,1H3. The maximum atomic E-state index is 12.9. The highest BCUT2D eigenvalue weighted by Gasteiger charge is 2.36. The first-order chi connectivity index (χ1) is 10.0. The third kappa shape index (κ3) is 2.57. The molecule has 112 valence electrons. The minimum Gasteiger partial charge on any atom is -0.298 e. The van der Waals surface area contributed by atoms with E-state index in [0.29, 0.717) is 30.3 Å². The van der Waals surface area contributed by atoms with Gasteiger partial charge in [0.25, 0.3) is 0 Å². The Bertz CT molecular complexity index is 693. The van der Waals surface area contributed by atoms with Crippen LogP contribution < -0.4 is 0 Å². The van der Waals surface area contributed by atoms with Gasteiger partial charge in [-0.2, -0.15) is 9.57 Å². The van der Waals surface area contributed by atoms with Crippen LogP contribution in [0.5, 0.6) is 0 Å². The Hall–Kier alpha value is -1.42. The lowest BCUT2D eigenvalue weighted by Gasteiger charge is -2.36. The molecule has 0 amide bonds. The second kappa shape index (κ2) is 5.41. The minimum absolute atomic E-state index is 0.271. The van der Waals surface area contributed by atoms with Gasteiger partial charge < -0.3 is 0 Å². The molecule has 2 aliphatic heterocycles. The van der Waals surface area contributed by atoms with E-state index in [0.717, 1.165) is 25.9 Å². The Balaban J connectivity index is 1.92. The molecule has 2 heterocycles. The lowest BCUT2D eigenvalue weighted by molar-refractivity contribution is 0.158. The summed E-state index contributed by atoms with van der Waals surface area (Å²) in [6.07, 6.45) is 2.23. The van der Waals surface area contributed by atoms with E-state index in [1.54, 1.807) is 23.4 Å². The summed E-state index contributed by atoms with van der Waals surface area (Å²) in [5.74, 6) is 0. The van der Waals surface area contributed by atoms with Crippen molar-refractivity contribution < 1.29 is 8.42 Å². The van der Waals surface area contributed by atoms with E-state index in [2.05, 4.69) is 4.90 Å². The van der Waals surface area contributed by atoms with Crippen molar-refractivity contribution in [1.29, 1.82) is 5.26 Å². The van der Waals surface area contributed by atoms with Gasteiger partial charge in [-0.25, -0.2) is 8.42 Å². The molecule has 6 heteroatoms. The highest BCUT2D eigenvalue weighted by molar-refractivity contribution is 7.89. The molecule has 1 atom stereocenters. The molecule has 1 aromatic carbocycles. The molecule has 0 aromatic heterocycles. The summed E-state index contributed by atoms with van der Waals surface area (Å²) in [4.78, 5) is 2.65. The lowest BCUT2D eigenvalue weighted by atomic mass is 10.2. The summed E-state index contributed by atoms with van der Waals surface area (Å²) in [6.45, 7) is 4.77. The summed E-state index contributed by atoms with van der Waals surface area (Å²) in [7, 11) is -3.51. The molecule has 0 radical (unpaired) electrons. The van der Waals surface area contributed by atoms with Gasteiger partial charge in [0.1, 0.15) is 0 Å². The lowest BCUT2D eigenvalue weighted by Crippen LogP contribution is -2.51. The monoisotopic (exact) mass is 305 g/mol. The number of piperazine rings is 1. The van der Waals surface area contributed by atoms with Crippen LogP contribution in [0.1, 0.15) is 24.0 Å². The Morgan fingerprint density at radius 3 is 2.86 bits per heavy atom. The first-order valence-electron chi connectivity index (χ1n) is 7.27. The van der Waals surface area contributed by atoms with Gasteiger partial charge in [-0.1, -0.05) is 6.07 Å². The summed E-state index contributed by atoms with van der Waals surface area (Å²) >= 11 is 0. The zero-order chi connectivity index (χ0) is 15.0. The number of fused-ring (bicyclic) bond motifs is 1. The molecule has 5 nitrogen and oxygen atoms in total. The van der Waals surface area contributed by atoms with Gasteiger partial charge in [0.2, 0.25) is 10.0 Å².